The number of Topliss-reactive ketones (excluding diaryl/α,β-unsaturated/α-hetero) is 1. The first-order valence-electron chi connectivity index (χ1n) is 10.0. The van der Waals surface area contributed by atoms with E-state index in [1.165, 1.54) is 6.26 Å². The Morgan fingerprint density at radius 1 is 1.18 bits per heavy atom. The molecular weight excluding hydrogens is 372 g/mol. The molecule has 0 aromatic heterocycles. The van der Waals surface area contributed by atoms with E-state index in [0.29, 0.717) is 12.4 Å². The molecule has 1 aliphatic rings. The van der Waals surface area contributed by atoms with Crippen molar-refractivity contribution in [1.82, 2.24) is 0 Å². The van der Waals surface area contributed by atoms with Crippen molar-refractivity contribution in [2.45, 2.75) is 65.7 Å². The summed E-state index contributed by atoms with van der Waals surface area (Å²) >= 11 is 0. The zero-order valence-corrected chi connectivity index (χ0v) is 19.1. The third kappa shape index (κ3) is 5.47. The van der Waals surface area contributed by atoms with Gasteiger partial charge < -0.3 is 4.74 Å². The predicted octanol–water partition coefficient (Wildman–Crippen LogP) is 5.28. The van der Waals surface area contributed by atoms with Crippen molar-refractivity contribution in [3.8, 4) is 0 Å². The molecule has 0 saturated heterocycles. The number of rotatable bonds is 8. The topological polar surface area (TPSA) is 60.4 Å². The van der Waals surface area contributed by atoms with Gasteiger partial charge in [0.15, 0.2) is 21.4 Å². The Balaban J connectivity index is 2.59. The van der Waals surface area contributed by atoms with Crippen LogP contribution in [0, 0.1) is 16.7 Å². The van der Waals surface area contributed by atoms with Crippen molar-refractivity contribution in [2.75, 3.05) is 12.9 Å². The van der Waals surface area contributed by atoms with Gasteiger partial charge in [0.25, 0.3) is 0 Å². The van der Waals surface area contributed by atoms with Crippen LogP contribution < -0.4 is 0 Å². The second-order valence-corrected chi connectivity index (χ2v) is 11.5. The third-order valence-corrected chi connectivity index (χ3v) is 6.63. The molecule has 0 bridgehead atoms. The Morgan fingerprint density at radius 3 is 2.11 bits per heavy atom. The van der Waals surface area contributed by atoms with E-state index < -0.39 is 9.84 Å². The molecule has 28 heavy (non-hydrogen) atoms. The number of hydrogen-bond acceptors (Lipinski definition) is 4. The summed E-state index contributed by atoms with van der Waals surface area (Å²) in [5.74, 6) is 0.320. The van der Waals surface area contributed by atoms with Crippen molar-refractivity contribution in [3.63, 3.8) is 0 Å². The maximum absolute atomic E-state index is 13.2. The number of carbonyl (C=O) groups is 1. The summed E-state index contributed by atoms with van der Waals surface area (Å²) in [4.78, 5) is 13.5. The van der Waals surface area contributed by atoms with Crippen LogP contribution in [-0.4, -0.2) is 27.1 Å². The summed E-state index contributed by atoms with van der Waals surface area (Å²) in [7, 11) is -3.27. The zero-order chi connectivity index (χ0) is 21.3. The van der Waals surface area contributed by atoms with Gasteiger partial charge in [-0.15, -0.1) is 0 Å². The van der Waals surface area contributed by atoms with E-state index >= 15 is 0 Å². The number of allylic oxidation sites excluding steroid dienone is 2. The van der Waals surface area contributed by atoms with Crippen LogP contribution in [-0.2, 0) is 19.4 Å². The average molecular weight is 407 g/mol. The summed E-state index contributed by atoms with van der Waals surface area (Å²) in [6, 6.07) is 6.76. The number of sulfone groups is 1. The molecule has 0 heterocycles. The van der Waals surface area contributed by atoms with Gasteiger partial charge in [-0.2, -0.15) is 0 Å². The lowest BCUT2D eigenvalue weighted by atomic mass is 9.79. The van der Waals surface area contributed by atoms with Gasteiger partial charge in [-0.05, 0) is 42.4 Å². The van der Waals surface area contributed by atoms with Crippen molar-refractivity contribution in [3.05, 3.63) is 35.6 Å². The fourth-order valence-corrected chi connectivity index (χ4v) is 3.68. The second-order valence-electron chi connectivity index (χ2n) is 9.52. The summed E-state index contributed by atoms with van der Waals surface area (Å²) in [6.07, 6.45) is 4.17. The highest BCUT2D eigenvalue weighted by atomic mass is 32.2. The number of benzene rings is 1. The van der Waals surface area contributed by atoms with Crippen LogP contribution in [0.15, 0.2) is 34.9 Å². The molecule has 0 spiro atoms. The first-order chi connectivity index (χ1) is 12.8. The van der Waals surface area contributed by atoms with Crippen molar-refractivity contribution in [2.24, 2.45) is 16.7 Å². The van der Waals surface area contributed by atoms with Crippen LogP contribution in [0.1, 0.15) is 66.4 Å². The maximum atomic E-state index is 13.2. The molecule has 1 aromatic carbocycles. The van der Waals surface area contributed by atoms with Gasteiger partial charge >= 0.3 is 0 Å². The standard InChI is InChI=1S/C23H34O4S/c1-8-16(2)20(24)21(27-15-23(6)13-14-23)19(22(3,4)5)17-9-11-18(12-10-17)28(7,25)26/h9-12,16H,8,13-15H2,1-7H3/b21-19+. The largest absolute Gasteiger partial charge is 0.489 e. The van der Waals surface area contributed by atoms with Gasteiger partial charge in [0.1, 0.15) is 0 Å². The Morgan fingerprint density at radius 2 is 1.71 bits per heavy atom. The third-order valence-electron chi connectivity index (χ3n) is 5.50. The molecule has 1 unspecified atom stereocenters. The molecule has 4 nitrogen and oxygen atoms in total. The molecule has 0 radical (unpaired) electrons. The Kier molecular flexibility index (Phi) is 6.49. The molecule has 1 aromatic rings. The highest BCUT2D eigenvalue weighted by Crippen LogP contribution is 2.46. The lowest BCUT2D eigenvalue weighted by molar-refractivity contribution is -0.122. The quantitative estimate of drug-likeness (QED) is 0.435. The van der Waals surface area contributed by atoms with Gasteiger partial charge in [-0.25, -0.2) is 8.42 Å². The molecule has 0 amide bonds. The molecule has 2 rings (SSSR count). The van der Waals surface area contributed by atoms with E-state index in [9.17, 15) is 13.2 Å². The number of ketones is 1. The van der Waals surface area contributed by atoms with E-state index in [1.54, 1.807) is 24.3 Å². The van der Waals surface area contributed by atoms with Gasteiger partial charge in [-0.3, -0.25) is 4.79 Å². The minimum atomic E-state index is -3.27. The van der Waals surface area contributed by atoms with Crippen LogP contribution in [0.5, 0.6) is 0 Å². The first kappa shape index (κ1) is 22.7. The molecule has 1 aliphatic carbocycles. The van der Waals surface area contributed by atoms with E-state index in [0.717, 1.165) is 30.4 Å². The van der Waals surface area contributed by atoms with Crippen LogP contribution in [0.3, 0.4) is 0 Å². The molecular formula is C23H34O4S. The molecule has 0 aliphatic heterocycles. The van der Waals surface area contributed by atoms with Gasteiger partial charge in [0.05, 0.1) is 11.5 Å². The Hall–Kier alpha value is -1.62. The van der Waals surface area contributed by atoms with Crippen LogP contribution >= 0.6 is 0 Å². The summed E-state index contributed by atoms with van der Waals surface area (Å²) in [5, 5.41) is 0. The molecule has 1 saturated carbocycles. The lowest BCUT2D eigenvalue weighted by Crippen LogP contribution is -2.23. The van der Waals surface area contributed by atoms with E-state index in [4.69, 9.17) is 4.74 Å². The van der Waals surface area contributed by atoms with Gasteiger partial charge in [0.2, 0.25) is 0 Å². The van der Waals surface area contributed by atoms with Crippen LogP contribution in [0.2, 0.25) is 0 Å². The van der Waals surface area contributed by atoms with E-state index in [-0.39, 0.29) is 27.4 Å². The summed E-state index contributed by atoms with van der Waals surface area (Å²) in [6.45, 7) is 12.8. The minimum Gasteiger partial charge on any atom is -0.489 e. The van der Waals surface area contributed by atoms with Crippen LogP contribution in [0.4, 0.5) is 0 Å². The van der Waals surface area contributed by atoms with Crippen molar-refractivity contribution < 1.29 is 17.9 Å². The molecule has 1 fully saturated rings. The van der Waals surface area contributed by atoms with Crippen molar-refractivity contribution in [1.29, 1.82) is 0 Å². The lowest BCUT2D eigenvalue weighted by Gasteiger charge is -2.28. The Labute approximate surface area is 170 Å². The first-order valence-corrected chi connectivity index (χ1v) is 11.9. The minimum absolute atomic E-state index is 0.0175. The monoisotopic (exact) mass is 406 g/mol. The zero-order valence-electron chi connectivity index (χ0n) is 18.3. The molecule has 1 atom stereocenters. The maximum Gasteiger partial charge on any atom is 0.200 e. The predicted molar refractivity (Wildman–Crippen MR) is 114 cm³/mol. The van der Waals surface area contributed by atoms with Gasteiger partial charge in [0, 0.05) is 23.2 Å². The highest BCUT2D eigenvalue weighted by molar-refractivity contribution is 7.90. The fourth-order valence-electron chi connectivity index (χ4n) is 3.05. The SMILES string of the molecule is CCC(C)C(=O)/C(OCC1(C)CC1)=C(/c1ccc(S(C)(=O)=O)cc1)C(C)(C)C. The van der Waals surface area contributed by atoms with Crippen LogP contribution in [0.25, 0.3) is 5.57 Å². The number of hydrogen-bond donors (Lipinski definition) is 0. The smallest absolute Gasteiger partial charge is 0.200 e. The van der Waals surface area contributed by atoms with Gasteiger partial charge in [-0.1, -0.05) is 53.7 Å². The molecule has 0 N–H and O–H groups in total. The Bertz CT molecular complexity index is 851. The normalized spacial score (nSPS) is 18.2. The number of carbonyl (C=O) groups excluding carboxylic acids is 1. The second kappa shape index (κ2) is 8.02. The van der Waals surface area contributed by atoms with E-state index in [2.05, 4.69) is 27.7 Å². The average Bonchev–Trinajstić information content (AvgIpc) is 3.33. The summed E-state index contributed by atoms with van der Waals surface area (Å²) < 4.78 is 29.8. The molecule has 156 valence electrons. The fraction of sp³-hybridized carbons (Fsp3) is 0.609. The van der Waals surface area contributed by atoms with E-state index in [1.807, 2.05) is 13.8 Å². The molecule has 5 heteroatoms. The highest BCUT2D eigenvalue weighted by Gasteiger charge is 2.39. The van der Waals surface area contributed by atoms with Crippen molar-refractivity contribution >= 4 is 21.2 Å². The summed E-state index contributed by atoms with van der Waals surface area (Å²) in [5.41, 5.74) is 1.48. The number of ether oxygens (including phenoxy) is 1.